The summed E-state index contributed by atoms with van der Waals surface area (Å²) in [5, 5.41) is 13.5. The molecule has 0 unspecified atom stereocenters. The van der Waals surface area contributed by atoms with Crippen molar-refractivity contribution in [1.29, 1.82) is 0 Å². The van der Waals surface area contributed by atoms with E-state index < -0.39 is 17.7 Å². The van der Waals surface area contributed by atoms with E-state index in [-0.39, 0.29) is 18.2 Å². The van der Waals surface area contributed by atoms with Gasteiger partial charge in [-0.25, -0.2) is 9.59 Å². The van der Waals surface area contributed by atoms with Crippen molar-refractivity contribution < 1.29 is 19.4 Å². The second-order valence-electron chi connectivity index (χ2n) is 6.60. The SMILES string of the molecule is CCn1nc(C(=O)O)c2c1[C@@H](C)CN(C(=O)OC(C)(C)C)C2. The fourth-order valence-electron chi connectivity index (χ4n) is 2.77. The van der Waals surface area contributed by atoms with Gasteiger partial charge in [0.15, 0.2) is 5.69 Å². The number of nitrogens with zero attached hydrogens (tertiary/aromatic N) is 3. The fourth-order valence-corrected chi connectivity index (χ4v) is 2.77. The van der Waals surface area contributed by atoms with Crippen LogP contribution in [-0.4, -0.2) is 44.0 Å². The number of aromatic nitrogens is 2. The molecule has 1 aliphatic heterocycles. The number of aryl methyl sites for hydroxylation is 1. The molecule has 1 N–H and O–H groups in total. The van der Waals surface area contributed by atoms with Gasteiger partial charge < -0.3 is 14.7 Å². The van der Waals surface area contributed by atoms with Crippen LogP contribution in [0.2, 0.25) is 0 Å². The van der Waals surface area contributed by atoms with Crippen LogP contribution in [-0.2, 0) is 17.8 Å². The first-order valence-corrected chi connectivity index (χ1v) is 7.44. The number of carboxylic acids is 1. The molecular formula is C15H23N3O4. The van der Waals surface area contributed by atoms with Gasteiger partial charge in [-0.3, -0.25) is 4.68 Å². The molecule has 1 aromatic heterocycles. The maximum Gasteiger partial charge on any atom is 0.410 e. The van der Waals surface area contributed by atoms with Crippen molar-refractivity contribution in [2.45, 2.75) is 59.2 Å². The number of aromatic carboxylic acids is 1. The van der Waals surface area contributed by atoms with E-state index >= 15 is 0 Å². The maximum atomic E-state index is 12.3. The van der Waals surface area contributed by atoms with Crippen LogP contribution < -0.4 is 0 Å². The van der Waals surface area contributed by atoms with Gasteiger partial charge in [0.1, 0.15) is 5.60 Å². The topological polar surface area (TPSA) is 84.7 Å². The molecule has 0 spiro atoms. The van der Waals surface area contributed by atoms with E-state index in [4.69, 9.17) is 4.74 Å². The van der Waals surface area contributed by atoms with Crippen LogP contribution in [0.3, 0.4) is 0 Å². The number of carboxylic acid groups (broad SMARTS) is 1. The molecule has 1 atom stereocenters. The highest BCUT2D eigenvalue weighted by Crippen LogP contribution is 2.31. The third-order valence-corrected chi connectivity index (χ3v) is 3.56. The molecule has 22 heavy (non-hydrogen) atoms. The molecule has 2 rings (SSSR count). The number of hydrogen-bond donors (Lipinski definition) is 1. The molecule has 0 aliphatic carbocycles. The zero-order valence-corrected chi connectivity index (χ0v) is 13.7. The van der Waals surface area contributed by atoms with E-state index in [2.05, 4.69) is 5.10 Å². The Morgan fingerprint density at radius 2 is 2.05 bits per heavy atom. The number of carbonyl (C=O) groups is 2. The maximum absolute atomic E-state index is 12.3. The van der Waals surface area contributed by atoms with Gasteiger partial charge >= 0.3 is 12.1 Å². The molecule has 0 saturated carbocycles. The normalized spacial score (nSPS) is 18.0. The number of rotatable bonds is 2. The van der Waals surface area contributed by atoms with E-state index in [1.165, 1.54) is 0 Å². The first-order valence-electron chi connectivity index (χ1n) is 7.44. The Kier molecular flexibility index (Phi) is 4.17. The van der Waals surface area contributed by atoms with Gasteiger partial charge in [0.2, 0.25) is 0 Å². The molecule has 2 heterocycles. The quantitative estimate of drug-likeness (QED) is 0.907. The van der Waals surface area contributed by atoms with E-state index in [1.54, 1.807) is 9.58 Å². The smallest absolute Gasteiger partial charge is 0.410 e. The lowest BCUT2D eigenvalue weighted by atomic mass is 9.96. The molecule has 0 radical (unpaired) electrons. The largest absolute Gasteiger partial charge is 0.476 e. The standard InChI is InChI=1S/C15H23N3O4/c1-6-18-12-9(2)7-17(14(21)22-15(3,4)5)8-10(12)11(16-18)13(19)20/h9H,6-8H2,1-5H3,(H,19,20)/t9-/m0/s1. The second-order valence-corrected chi connectivity index (χ2v) is 6.60. The molecule has 7 nitrogen and oxygen atoms in total. The molecule has 0 fully saturated rings. The highest BCUT2D eigenvalue weighted by atomic mass is 16.6. The number of carbonyl (C=O) groups excluding carboxylic acids is 1. The van der Waals surface area contributed by atoms with Crippen LogP contribution in [0.1, 0.15) is 62.3 Å². The molecule has 1 aromatic rings. The summed E-state index contributed by atoms with van der Waals surface area (Å²) in [6, 6.07) is 0. The van der Waals surface area contributed by atoms with Crippen molar-refractivity contribution >= 4 is 12.1 Å². The van der Waals surface area contributed by atoms with Crippen LogP contribution in [0.25, 0.3) is 0 Å². The Hall–Kier alpha value is -2.05. The van der Waals surface area contributed by atoms with Gasteiger partial charge in [0, 0.05) is 30.3 Å². The summed E-state index contributed by atoms with van der Waals surface area (Å²) in [6.07, 6.45) is -0.425. The molecule has 1 aliphatic rings. The average molecular weight is 309 g/mol. The molecule has 0 saturated heterocycles. The van der Waals surface area contributed by atoms with Crippen LogP contribution in [0.15, 0.2) is 0 Å². The van der Waals surface area contributed by atoms with Crippen molar-refractivity contribution in [3.8, 4) is 0 Å². The Morgan fingerprint density at radius 3 is 2.55 bits per heavy atom. The Bertz CT molecular complexity index is 601. The summed E-state index contributed by atoms with van der Waals surface area (Å²) in [5.41, 5.74) is 0.958. The molecule has 0 aromatic carbocycles. The summed E-state index contributed by atoms with van der Waals surface area (Å²) in [4.78, 5) is 25.2. The molecule has 0 bridgehead atoms. The van der Waals surface area contributed by atoms with Gasteiger partial charge in [-0.1, -0.05) is 6.92 Å². The summed E-state index contributed by atoms with van der Waals surface area (Å²) in [5.74, 6) is -1.06. The fraction of sp³-hybridized carbons (Fsp3) is 0.667. The third kappa shape index (κ3) is 3.08. The van der Waals surface area contributed by atoms with Gasteiger partial charge in [-0.15, -0.1) is 0 Å². The van der Waals surface area contributed by atoms with Crippen molar-refractivity contribution in [3.63, 3.8) is 0 Å². The van der Waals surface area contributed by atoms with Crippen molar-refractivity contribution in [2.75, 3.05) is 6.54 Å². The highest BCUT2D eigenvalue weighted by Gasteiger charge is 2.35. The minimum absolute atomic E-state index is 0.0109. The monoisotopic (exact) mass is 309 g/mol. The van der Waals surface area contributed by atoms with E-state index in [1.807, 2.05) is 34.6 Å². The van der Waals surface area contributed by atoms with Crippen LogP contribution in [0.5, 0.6) is 0 Å². The zero-order chi connectivity index (χ0) is 16.7. The first kappa shape index (κ1) is 16.3. The van der Waals surface area contributed by atoms with Crippen molar-refractivity contribution in [1.82, 2.24) is 14.7 Å². The number of hydrogen-bond acceptors (Lipinski definition) is 4. The zero-order valence-electron chi connectivity index (χ0n) is 13.7. The van der Waals surface area contributed by atoms with E-state index in [9.17, 15) is 14.7 Å². The Morgan fingerprint density at radius 1 is 1.41 bits per heavy atom. The summed E-state index contributed by atoms with van der Waals surface area (Å²) < 4.78 is 7.10. The lowest BCUT2D eigenvalue weighted by Gasteiger charge is -2.33. The first-order chi connectivity index (χ1) is 10.1. The lowest BCUT2D eigenvalue weighted by molar-refractivity contribution is 0.0204. The summed E-state index contributed by atoms with van der Waals surface area (Å²) >= 11 is 0. The average Bonchev–Trinajstić information content (AvgIpc) is 2.76. The van der Waals surface area contributed by atoms with Gasteiger partial charge in [0.25, 0.3) is 0 Å². The molecule has 7 heteroatoms. The highest BCUT2D eigenvalue weighted by molar-refractivity contribution is 5.87. The van der Waals surface area contributed by atoms with E-state index in [0.717, 1.165) is 5.69 Å². The van der Waals surface area contributed by atoms with Crippen LogP contribution in [0, 0.1) is 0 Å². The Labute approximate surface area is 129 Å². The molecule has 122 valence electrons. The van der Waals surface area contributed by atoms with Crippen LogP contribution >= 0.6 is 0 Å². The number of ether oxygens (including phenoxy) is 1. The van der Waals surface area contributed by atoms with Gasteiger partial charge in [-0.05, 0) is 27.7 Å². The number of amides is 1. The predicted molar refractivity (Wildman–Crippen MR) is 79.9 cm³/mol. The number of fused-ring (bicyclic) bond motifs is 1. The minimum atomic E-state index is -1.07. The third-order valence-electron chi connectivity index (χ3n) is 3.56. The van der Waals surface area contributed by atoms with Gasteiger partial charge in [0.05, 0.1) is 6.54 Å². The van der Waals surface area contributed by atoms with Gasteiger partial charge in [-0.2, -0.15) is 5.10 Å². The minimum Gasteiger partial charge on any atom is -0.476 e. The van der Waals surface area contributed by atoms with Crippen molar-refractivity contribution in [3.05, 3.63) is 17.0 Å². The van der Waals surface area contributed by atoms with E-state index in [0.29, 0.717) is 18.7 Å². The summed E-state index contributed by atoms with van der Waals surface area (Å²) in [7, 11) is 0. The predicted octanol–water partition coefficient (Wildman–Crippen LogP) is 2.46. The second kappa shape index (κ2) is 5.62. The van der Waals surface area contributed by atoms with Crippen molar-refractivity contribution in [2.24, 2.45) is 0 Å². The summed E-state index contributed by atoms with van der Waals surface area (Å²) in [6.45, 7) is 10.6. The van der Waals surface area contributed by atoms with Crippen LogP contribution in [0.4, 0.5) is 4.79 Å². The molecule has 1 amide bonds. The molecular weight excluding hydrogens is 286 g/mol. The Balaban J connectivity index is 2.34. The lowest BCUT2D eigenvalue weighted by Crippen LogP contribution is -2.41.